The van der Waals surface area contributed by atoms with E-state index in [9.17, 15) is 19.7 Å². The molecule has 9 nitrogen and oxygen atoms in total. The maximum absolute atomic E-state index is 11.6. The second-order valence-electron chi connectivity index (χ2n) is 3.73. The van der Waals surface area contributed by atoms with Crippen LogP contribution in [0.4, 0.5) is 5.88 Å². The molecule has 2 aromatic rings. The van der Waals surface area contributed by atoms with Crippen LogP contribution in [0.1, 0.15) is 13.3 Å². The van der Waals surface area contributed by atoms with E-state index in [1.165, 1.54) is 6.07 Å². The van der Waals surface area contributed by atoms with Crippen LogP contribution >= 0.6 is 0 Å². The van der Waals surface area contributed by atoms with Gasteiger partial charge in [0.15, 0.2) is 11.5 Å². The van der Waals surface area contributed by atoms with Gasteiger partial charge in [-0.25, -0.2) is 9.48 Å². The summed E-state index contributed by atoms with van der Waals surface area (Å²) in [6, 6.07) is 2.38. The molecule has 19 heavy (non-hydrogen) atoms. The normalized spacial score (nSPS) is 10.6. The molecule has 0 saturated heterocycles. The fourth-order valence-corrected chi connectivity index (χ4v) is 1.51. The second-order valence-corrected chi connectivity index (χ2v) is 3.73. The van der Waals surface area contributed by atoms with Crippen LogP contribution in [0.3, 0.4) is 0 Å². The van der Waals surface area contributed by atoms with Crippen LogP contribution in [0.15, 0.2) is 26.1 Å². The van der Waals surface area contributed by atoms with Crippen molar-refractivity contribution in [3.8, 4) is 11.5 Å². The summed E-state index contributed by atoms with van der Waals surface area (Å²) in [5, 5.41) is 14.4. The molecule has 0 aliphatic carbocycles. The van der Waals surface area contributed by atoms with Crippen molar-refractivity contribution in [3.05, 3.63) is 43.1 Å². The fraction of sp³-hybridized carbons (Fsp3) is 0.300. The van der Waals surface area contributed by atoms with E-state index in [2.05, 4.69) is 10.1 Å². The molecular weight excluding hydrogens is 256 g/mol. The van der Waals surface area contributed by atoms with Gasteiger partial charge in [0.2, 0.25) is 0 Å². The minimum atomic E-state index is -0.749. The lowest BCUT2D eigenvalue weighted by atomic mass is 10.3. The summed E-state index contributed by atoms with van der Waals surface area (Å²) in [5.74, 6) is -0.553. The minimum Gasteiger partial charge on any atom is -0.399 e. The number of nitrogens with one attached hydrogen (secondary N) is 1. The van der Waals surface area contributed by atoms with Crippen molar-refractivity contribution in [3.63, 3.8) is 0 Å². The van der Waals surface area contributed by atoms with Gasteiger partial charge in [-0.05, 0) is 12.5 Å². The zero-order valence-electron chi connectivity index (χ0n) is 9.95. The van der Waals surface area contributed by atoms with Gasteiger partial charge >= 0.3 is 11.6 Å². The van der Waals surface area contributed by atoms with Crippen LogP contribution in [-0.4, -0.2) is 19.7 Å². The quantitative estimate of drug-likeness (QED) is 0.635. The molecule has 0 unspecified atom stereocenters. The zero-order chi connectivity index (χ0) is 14.0. The summed E-state index contributed by atoms with van der Waals surface area (Å²) in [6.07, 6.45) is 0.649. The molecule has 0 radical (unpaired) electrons. The molecule has 0 saturated carbocycles. The first kappa shape index (κ1) is 12.7. The molecule has 0 spiro atoms. The summed E-state index contributed by atoms with van der Waals surface area (Å²) >= 11 is 0. The van der Waals surface area contributed by atoms with Gasteiger partial charge in [0.05, 0.1) is 6.07 Å². The molecular formula is C10H10N4O5. The van der Waals surface area contributed by atoms with Gasteiger partial charge in [0.25, 0.3) is 5.56 Å². The van der Waals surface area contributed by atoms with Crippen LogP contribution in [0, 0.1) is 10.1 Å². The van der Waals surface area contributed by atoms with Crippen molar-refractivity contribution in [1.29, 1.82) is 0 Å². The number of hydrogen-bond acceptors (Lipinski definition) is 6. The molecule has 0 aliphatic rings. The third-order valence-corrected chi connectivity index (χ3v) is 2.33. The van der Waals surface area contributed by atoms with Crippen LogP contribution in [0.25, 0.3) is 11.5 Å². The molecule has 2 heterocycles. The number of nitro groups is 1. The van der Waals surface area contributed by atoms with E-state index in [-0.39, 0.29) is 11.5 Å². The molecule has 2 aromatic heterocycles. The highest BCUT2D eigenvalue weighted by atomic mass is 16.6. The molecule has 0 aromatic carbocycles. The highest BCUT2D eigenvalue weighted by Crippen LogP contribution is 2.21. The molecule has 0 amide bonds. The highest BCUT2D eigenvalue weighted by Gasteiger charge is 2.17. The van der Waals surface area contributed by atoms with Crippen molar-refractivity contribution < 1.29 is 9.34 Å². The van der Waals surface area contributed by atoms with Crippen LogP contribution in [0.2, 0.25) is 0 Å². The zero-order valence-corrected chi connectivity index (χ0v) is 9.95. The van der Waals surface area contributed by atoms with E-state index >= 15 is 0 Å². The van der Waals surface area contributed by atoms with Gasteiger partial charge in [0, 0.05) is 6.54 Å². The second kappa shape index (κ2) is 4.88. The molecule has 2 rings (SSSR count). The van der Waals surface area contributed by atoms with E-state index in [1.54, 1.807) is 0 Å². The maximum atomic E-state index is 11.6. The predicted molar refractivity (Wildman–Crippen MR) is 63.8 cm³/mol. The van der Waals surface area contributed by atoms with Crippen molar-refractivity contribution in [2.75, 3.05) is 0 Å². The van der Waals surface area contributed by atoms with Crippen molar-refractivity contribution in [2.24, 2.45) is 0 Å². The van der Waals surface area contributed by atoms with Crippen LogP contribution in [-0.2, 0) is 6.54 Å². The Labute approximate surface area is 105 Å². The Kier molecular flexibility index (Phi) is 3.27. The van der Waals surface area contributed by atoms with E-state index in [1.807, 2.05) is 6.92 Å². The number of hydrogen-bond donors (Lipinski definition) is 1. The first-order valence-corrected chi connectivity index (χ1v) is 5.49. The molecule has 0 atom stereocenters. The van der Waals surface area contributed by atoms with Gasteiger partial charge in [0.1, 0.15) is 4.92 Å². The Morgan fingerprint density at radius 1 is 1.47 bits per heavy atom. The lowest BCUT2D eigenvalue weighted by molar-refractivity contribution is -0.401. The number of nitrogens with zero attached hydrogens (tertiary/aromatic N) is 3. The Balaban J connectivity index is 2.54. The number of rotatable bonds is 4. The summed E-state index contributed by atoms with van der Waals surface area (Å²) in [5.41, 5.74) is -1.54. The SMILES string of the molecule is CCCn1nc(-c2ccc([N+](=O)[O-])o2)c(=O)[nH]c1=O. The van der Waals surface area contributed by atoms with Crippen molar-refractivity contribution >= 4 is 5.88 Å². The van der Waals surface area contributed by atoms with Crippen LogP contribution in [0.5, 0.6) is 0 Å². The van der Waals surface area contributed by atoms with Gasteiger partial charge < -0.3 is 4.42 Å². The summed E-state index contributed by atoms with van der Waals surface area (Å²) in [7, 11) is 0. The number of H-pyrrole nitrogens is 1. The average Bonchev–Trinajstić information content (AvgIpc) is 2.82. The Morgan fingerprint density at radius 2 is 2.21 bits per heavy atom. The molecule has 1 N–H and O–H groups in total. The molecule has 0 bridgehead atoms. The molecule has 0 fully saturated rings. The monoisotopic (exact) mass is 266 g/mol. The number of furan rings is 1. The van der Waals surface area contributed by atoms with Crippen LogP contribution < -0.4 is 11.2 Å². The fourth-order valence-electron chi connectivity index (χ4n) is 1.51. The average molecular weight is 266 g/mol. The van der Waals surface area contributed by atoms with E-state index in [0.717, 1.165) is 10.7 Å². The predicted octanol–water partition coefficient (Wildman–Crippen LogP) is 0.510. The molecule has 100 valence electrons. The van der Waals surface area contributed by atoms with Gasteiger partial charge in [-0.15, -0.1) is 0 Å². The Bertz CT molecular complexity index is 726. The Morgan fingerprint density at radius 3 is 2.79 bits per heavy atom. The lowest BCUT2D eigenvalue weighted by Crippen LogP contribution is -2.33. The lowest BCUT2D eigenvalue weighted by Gasteiger charge is -2.02. The number of aromatic amines is 1. The van der Waals surface area contributed by atoms with E-state index in [4.69, 9.17) is 4.42 Å². The van der Waals surface area contributed by atoms with E-state index in [0.29, 0.717) is 13.0 Å². The van der Waals surface area contributed by atoms with Gasteiger partial charge in [-0.3, -0.25) is 19.9 Å². The summed E-state index contributed by atoms with van der Waals surface area (Å²) in [4.78, 5) is 34.9. The Hall–Kier alpha value is -2.71. The number of aryl methyl sites for hydroxylation is 1. The first-order valence-electron chi connectivity index (χ1n) is 5.49. The molecule has 9 heteroatoms. The minimum absolute atomic E-state index is 0.0576. The van der Waals surface area contributed by atoms with Crippen molar-refractivity contribution in [1.82, 2.24) is 14.8 Å². The van der Waals surface area contributed by atoms with E-state index < -0.39 is 22.1 Å². The highest BCUT2D eigenvalue weighted by molar-refractivity contribution is 5.51. The van der Waals surface area contributed by atoms with Crippen molar-refractivity contribution in [2.45, 2.75) is 19.9 Å². The summed E-state index contributed by atoms with van der Waals surface area (Å²) < 4.78 is 5.96. The third kappa shape index (κ3) is 2.44. The van der Waals surface area contributed by atoms with Gasteiger partial charge in [-0.2, -0.15) is 5.10 Å². The maximum Gasteiger partial charge on any atom is 0.433 e. The topological polar surface area (TPSA) is 124 Å². The smallest absolute Gasteiger partial charge is 0.399 e. The first-order chi connectivity index (χ1) is 9.02. The number of aromatic nitrogens is 3. The largest absolute Gasteiger partial charge is 0.433 e. The third-order valence-electron chi connectivity index (χ3n) is 2.33. The standard InChI is InChI=1S/C10H10N4O5/c1-2-5-13-10(16)11-9(15)8(12-13)6-3-4-7(19-6)14(17)18/h3-4H,2,5H2,1H3,(H,11,15,16). The summed E-state index contributed by atoms with van der Waals surface area (Å²) in [6.45, 7) is 2.17. The molecule has 0 aliphatic heterocycles. The van der Waals surface area contributed by atoms with Gasteiger partial charge in [-0.1, -0.05) is 6.92 Å².